The summed E-state index contributed by atoms with van der Waals surface area (Å²) in [6.45, 7) is 3.96. The van der Waals surface area contributed by atoms with Crippen molar-refractivity contribution in [2.45, 2.75) is 44.4 Å². The summed E-state index contributed by atoms with van der Waals surface area (Å²) in [4.78, 5) is 25.7. The molecule has 1 fully saturated rings. The summed E-state index contributed by atoms with van der Waals surface area (Å²) < 4.78 is 0. The van der Waals surface area contributed by atoms with Crippen molar-refractivity contribution in [1.82, 2.24) is 14.9 Å². The van der Waals surface area contributed by atoms with Gasteiger partial charge in [0.2, 0.25) is 5.91 Å². The summed E-state index contributed by atoms with van der Waals surface area (Å²) in [7, 11) is 0. The van der Waals surface area contributed by atoms with E-state index in [-0.39, 0.29) is 11.9 Å². The van der Waals surface area contributed by atoms with Crippen molar-refractivity contribution in [2.75, 3.05) is 24.5 Å². The molecule has 1 aromatic carbocycles. The van der Waals surface area contributed by atoms with E-state index in [2.05, 4.69) is 21.8 Å². The number of amides is 1. The Hall–Kier alpha value is -2.22. The lowest BCUT2D eigenvalue weighted by Gasteiger charge is -2.41. The molecule has 154 valence electrons. The molecule has 0 bridgehead atoms. The number of nitrogens with two attached hydrogens (primary N) is 1. The fourth-order valence-electron chi connectivity index (χ4n) is 4.28. The summed E-state index contributed by atoms with van der Waals surface area (Å²) in [6, 6.07) is 6.96. The van der Waals surface area contributed by atoms with Crippen LogP contribution in [0, 0.1) is 0 Å². The number of piperazine rings is 1. The van der Waals surface area contributed by atoms with Crippen LogP contribution in [-0.4, -0.2) is 57.6 Å². The third-order valence-corrected chi connectivity index (χ3v) is 6.09. The number of benzene rings is 1. The number of carbonyl (C=O) groups excluding carboxylic acids is 1. The Balaban J connectivity index is 1.41. The van der Waals surface area contributed by atoms with Gasteiger partial charge in [-0.1, -0.05) is 23.7 Å². The van der Waals surface area contributed by atoms with Crippen LogP contribution in [0.5, 0.6) is 0 Å². The minimum absolute atomic E-state index is 0.0326. The van der Waals surface area contributed by atoms with Gasteiger partial charge in [0, 0.05) is 36.3 Å². The zero-order valence-corrected chi connectivity index (χ0v) is 17.2. The van der Waals surface area contributed by atoms with E-state index in [1.54, 1.807) is 0 Å². The molecule has 3 atom stereocenters. The van der Waals surface area contributed by atoms with Crippen molar-refractivity contribution < 1.29 is 9.90 Å². The number of aliphatic hydroxyl groups excluding tert-OH is 1. The second-order valence-corrected chi connectivity index (χ2v) is 8.32. The Morgan fingerprint density at radius 3 is 2.79 bits per heavy atom. The van der Waals surface area contributed by atoms with Crippen molar-refractivity contribution in [3.05, 3.63) is 52.4 Å². The van der Waals surface area contributed by atoms with Crippen molar-refractivity contribution in [1.29, 1.82) is 0 Å². The van der Waals surface area contributed by atoms with Crippen LogP contribution in [0.15, 0.2) is 30.6 Å². The van der Waals surface area contributed by atoms with Crippen molar-refractivity contribution >= 4 is 23.3 Å². The topological polar surface area (TPSA) is 95.6 Å². The largest absolute Gasteiger partial charge is 0.387 e. The maximum absolute atomic E-state index is 12.9. The molecule has 1 saturated heterocycles. The zero-order valence-electron chi connectivity index (χ0n) is 16.5. The number of rotatable bonds is 4. The summed E-state index contributed by atoms with van der Waals surface area (Å²) in [5.74, 6) is 0.853. The number of aliphatic hydroxyl groups is 1. The molecule has 1 unspecified atom stereocenters. The third kappa shape index (κ3) is 4.08. The Kier molecular flexibility index (Phi) is 5.72. The van der Waals surface area contributed by atoms with Crippen LogP contribution in [0.1, 0.15) is 36.3 Å². The normalized spacial score (nSPS) is 22.5. The molecule has 2 aromatic rings. The van der Waals surface area contributed by atoms with Gasteiger partial charge in [-0.2, -0.15) is 0 Å². The van der Waals surface area contributed by atoms with Crippen LogP contribution in [0.3, 0.4) is 0 Å². The van der Waals surface area contributed by atoms with Crippen LogP contribution in [-0.2, 0) is 17.6 Å². The van der Waals surface area contributed by atoms with Crippen LogP contribution in [0.2, 0.25) is 5.02 Å². The molecule has 0 saturated carbocycles. The number of nitrogens with zero attached hydrogens (tertiary/aromatic N) is 4. The number of hydrogen-bond donors (Lipinski definition) is 2. The van der Waals surface area contributed by atoms with Crippen LogP contribution in [0.25, 0.3) is 0 Å². The lowest BCUT2D eigenvalue weighted by atomic mass is 10.0. The predicted molar refractivity (Wildman–Crippen MR) is 112 cm³/mol. The first-order chi connectivity index (χ1) is 13.9. The number of fused-ring (bicyclic) bond motifs is 1. The molecule has 7 nitrogen and oxygen atoms in total. The summed E-state index contributed by atoms with van der Waals surface area (Å²) in [6.07, 6.45) is 2.98. The molecule has 3 N–H and O–H groups in total. The monoisotopic (exact) mass is 415 g/mol. The molecule has 0 radical (unpaired) electrons. The number of hydrogen-bond acceptors (Lipinski definition) is 6. The smallest absolute Gasteiger partial charge is 0.239 e. The molecule has 8 heteroatoms. The SMILES string of the molecule is C[C@H]1CN(C(=O)[C@H](N)Cc2ccc(Cl)cc2)CCN1c1ncnc2c1CCC2O. The van der Waals surface area contributed by atoms with E-state index in [4.69, 9.17) is 17.3 Å². The summed E-state index contributed by atoms with van der Waals surface area (Å²) in [5, 5.41) is 10.8. The first-order valence-electron chi connectivity index (χ1n) is 10.0. The lowest BCUT2D eigenvalue weighted by molar-refractivity contribution is -0.133. The van der Waals surface area contributed by atoms with Crippen LogP contribution >= 0.6 is 11.6 Å². The van der Waals surface area contributed by atoms with Gasteiger partial charge in [-0.3, -0.25) is 4.79 Å². The number of carbonyl (C=O) groups is 1. The number of anilines is 1. The Bertz CT molecular complexity index is 891. The van der Waals surface area contributed by atoms with E-state index >= 15 is 0 Å². The second-order valence-electron chi connectivity index (χ2n) is 7.88. The van der Waals surface area contributed by atoms with E-state index in [1.807, 2.05) is 29.2 Å². The van der Waals surface area contributed by atoms with Crippen molar-refractivity contribution in [2.24, 2.45) is 5.73 Å². The maximum atomic E-state index is 12.9. The Labute approximate surface area is 175 Å². The highest BCUT2D eigenvalue weighted by molar-refractivity contribution is 6.30. The molecular weight excluding hydrogens is 390 g/mol. The Morgan fingerprint density at radius 1 is 1.31 bits per heavy atom. The molecule has 2 heterocycles. The quantitative estimate of drug-likeness (QED) is 0.789. The van der Waals surface area contributed by atoms with Gasteiger partial charge in [-0.25, -0.2) is 9.97 Å². The highest BCUT2D eigenvalue weighted by atomic mass is 35.5. The molecular formula is C21H26ClN5O2. The van der Waals surface area contributed by atoms with Gasteiger partial charge in [0.1, 0.15) is 12.1 Å². The highest BCUT2D eigenvalue weighted by Gasteiger charge is 2.33. The molecule has 4 rings (SSSR count). The van der Waals surface area contributed by atoms with E-state index in [9.17, 15) is 9.90 Å². The van der Waals surface area contributed by atoms with Gasteiger partial charge >= 0.3 is 0 Å². The molecule has 2 aliphatic rings. The van der Waals surface area contributed by atoms with E-state index in [1.165, 1.54) is 6.33 Å². The zero-order chi connectivity index (χ0) is 20.5. The highest BCUT2D eigenvalue weighted by Crippen LogP contribution is 2.35. The van der Waals surface area contributed by atoms with E-state index in [0.29, 0.717) is 37.5 Å². The first kappa shape index (κ1) is 20.1. The molecule has 1 aliphatic carbocycles. The fraction of sp³-hybridized carbons (Fsp3) is 0.476. The van der Waals surface area contributed by atoms with Crippen LogP contribution in [0.4, 0.5) is 5.82 Å². The van der Waals surface area contributed by atoms with Gasteiger partial charge in [0.15, 0.2) is 0 Å². The number of halogens is 1. The van der Waals surface area contributed by atoms with Gasteiger partial charge in [-0.15, -0.1) is 0 Å². The minimum Gasteiger partial charge on any atom is -0.387 e. The van der Waals surface area contributed by atoms with Crippen LogP contribution < -0.4 is 10.6 Å². The fourth-order valence-corrected chi connectivity index (χ4v) is 4.40. The molecule has 0 spiro atoms. The lowest BCUT2D eigenvalue weighted by Crippen LogP contribution is -2.57. The van der Waals surface area contributed by atoms with Gasteiger partial charge in [0.25, 0.3) is 0 Å². The third-order valence-electron chi connectivity index (χ3n) is 5.84. The summed E-state index contributed by atoms with van der Waals surface area (Å²) >= 11 is 5.92. The van der Waals surface area contributed by atoms with E-state index < -0.39 is 12.1 Å². The van der Waals surface area contributed by atoms with Crippen molar-refractivity contribution in [3.8, 4) is 0 Å². The molecule has 1 aliphatic heterocycles. The maximum Gasteiger partial charge on any atom is 0.239 e. The van der Waals surface area contributed by atoms with Gasteiger partial charge in [-0.05, 0) is 43.9 Å². The van der Waals surface area contributed by atoms with Crippen molar-refractivity contribution in [3.63, 3.8) is 0 Å². The second kappa shape index (κ2) is 8.26. The molecule has 29 heavy (non-hydrogen) atoms. The molecule has 1 amide bonds. The van der Waals surface area contributed by atoms with E-state index in [0.717, 1.165) is 29.1 Å². The predicted octanol–water partition coefficient (Wildman–Crippen LogP) is 1.72. The molecule has 1 aromatic heterocycles. The average molecular weight is 416 g/mol. The number of aromatic nitrogens is 2. The average Bonchev–Trinajstić information content (AvgIpc) is 3.10. The Morgan fingerprint density at radius 2 is 2.07 bits per heavy atom. The van der Waals surface area contributed by atoms with Gasteiger partial charge in [0.05, 0.1) is 17.8 Å². The van der Waals surface area contributed by atoms with Gasteiger partial charge < -0.3 is 20.6 Å². The minimum atomic E-state index is -0.576. The summed E-state index contributed by atoms with van der Waals surface area (Å²) in [5.41, 5.74) is 8.98. The first-order valence-corrected chi connectivity index (χ1v) is 10.4. The standard InChI is InChI=1S/C21H26ClN5O2/c1-13-11-26(21(29)17(23)10-14-2-4-15(22)5-3-14)8-9-27(13)20-16-6-7-18(28)19(16)24-12-25-20/h2-5,12-13,17-18,28H,6-11,23H2,1H3/t13-,17+,18?/m0/s1.